The van der Waals surface area contributed by atoms with Gasteiger partial charge in [-0.05, 0) is 25.0 Å². The highest BCUT2D eigenvalue weighted by atomic mass is 79.9. The molecule has 0 bridgehead atoms. The highest BCUT2D eigenvalue weighted by Gasteiger charge is 2.51. The van der Waals surface area contributed by atoms with E-state index in [1.54, 1.807) is 18.2 Å². The van der Waals surface area contributed by atoms with Gasteiger partial charge < -0.3 is 20.5 Å². The van der Waals surface area contributed by atoms with Crippen LogP contribution in [0.15, 0.2) is 22.7 Å². The number of anilines is 1. The van der Waals surface area contributed by atoms with E-state index in [0.29, 0.717) is 24.3 Å². The second-order valence-electron chi connectivity index (χ2n) is 4.35. The summed E-state index contributed by atoms with van der Waals surface area (Å²) in [5.41, 5.74) is -0.579. The Labute approximate surface area is 118 Å². The highest BCUT2D eigenvalue weighted by molar-refractivity contribution is 9.10. The van der Waals surface area contributed by atoms with Crippen molar-refractivity contribution in [2.45, 2.75) is 18.4 Å². The van der Waals surface area contributed by atoms with Crippen molar-refractivity contribution < 1.29 is 19.4 Å². The summed E-state index contributed by atoms with van der Waals surface area (Å²) in [7, 11) is 1.52. The molecule has 3 N–H and O–H groups in total. The molecule has 1 saturated carbocycles. The lowest BCUT2D eigenvalue weighted by molar-refractivity contribution is -0.140. The number of carboxylic acid groups (broad SMARTS) is 1. The number of hydrogen-bond donors (Lipinski definition) is 3. The van der Waals surface area contributed by atoms with Gasteiger partial charge in [0.15, 0.2) is 0 Å². The Hall–Kier alpha value is -1.76. The minimum absolute atomic E-state index is 0.456. The van der Waals surface area contributed by atoms with Crippen molar-refractivity contribution >= 4 is 33.6 Å². The quantitative estimate of drug-likeness (QED) is 0.790. The van der Waals surface area contributed by atoms with Gasteiger partial charge in [0.2, 0.25) is 0 Å². The summed E-state index contributed by atoms with van der Waals surface area (Å²) >= 11 is 3.29. The molecule has 0 radical (unpaired) electrons. The minimum atomic E-state index is -1.10. The van der Waals surface area contributed by atoms with E-state index in [9.17, 15) is 9.59 Å². The molecule has 1 aromatic carbocycles. The average molecular weight is 329 g/mol. The van der Waals surface area contributed by atoms with Crippen LogP contribution < -0.4 is 15.4 Å². The molecule has 0 heterocycles. The molecule has 7 heteroatoms. The van der Waals surface area contributed by atoms with E-state index in [4.69, 9.17) is 9.84 Å². The van der Waals surface area contributed by atoms with Gasteiger partial charge in [-0.3, -0.25) is 0 Å². The number of halogens is 1. The van der Waals surface area contributed by atoms with E-state index >= 15 is 0 Å². The number of carbonyl (C=O) groups excluding carboxylic acids is 1. The van der Waals surface area contributed by atoms with E-state index in [1.165, 1.54) is 7.11 Å². The monoisotopic (exact) mass is 328 g/mol. The van der Waals surface area contributed by atoms with Crippen LogP contribution >= 0.6 is 15.9 Å². The third-order valence-corrected chi connectivity index (χ3v) is 3.33. The molecule has 0 atom stereocenters. The molecule has 6 nitrogen and oxygen atoms in total. The fraction of sp³-hybridized carbons (Fsp3) is 0.333. The predicted octanol–water partition coefficient (Wildman–Crippen LogP) is 2.20. The van der Waals surface area contributed by atoms with Gasteiger partial charge in [0.1, 0.15) is 11.3 Å². The number of hydrogen-bond acceptors (Lipinski definition) is 3. The zero-order valence-corrected chi connectivity index (χ0v) is 11.8. The molecule has 102 valence electrons. The lowest BCUT2D eigenvalue weighted by atomic mass is 10.3. The molecule has 1 fully saturated rings. The number of ether oxygens (including phenoxy) is 1. The van der Waals surface area contributed by atoms with Crippen molar-refractivity contribution in [3.63, 3.8) is 0 Å². The van der Waals surface area contributed by atoms with Crippen molar-refractivity contribution in [2.24, 2.45) is 0 Å². The maximum atomic E-state index is 11.7. The molecule has 0 aliphatic heterocycles. The van der Waals surface area contributed by atoms with Crippen molar-refractivity contribution in [3.8, 4) is 5.75 Å². The summed E-state index contributed by atoms with van der Waals surface area (Å²) < 4.78 is 5.82. The average Bonchev–Trinajstić information content (AvgIpc) is 3.08. The first-order valence-electron chi connectivity index (χ1n) is 5.62. The molecule has 2 rings (SSSR count). The molecule has 1 aliphatic carbocycles. The number of urea groups is 1. The van der Waals surface area contributed by atoms with Gasteiger partial charge in [0, 0.05) is 16.2 Å². The summed E-state index contributed by atoms with van der Waals surface area (Å²) in [5, 5.41) is 14.0. The molecule has 0 saturated heterocycles. The summed E-state index contributed by atoms with van der Waals surface area (Å²) in [6.45, 7) is 0. The minimum Gasteiger partial charge on any atom is -0.497 e. The summed E-state index contributed by atoms with van der Waals surface area (Å²) in [6, 6.07) is 4.55. The molecule has 1 aliphatic rings. The highest BCUT2D eigenvalue weighted by Crippen LogP contribution is 2.35. The van der Waals surface area contributed by atoms with E-state index in [-0.39, 0.29) is 0 Å². The molecule has 0 unspecified atom stereocenters. The third kappa shape index (κ3) is 3.17. The Morgan fingerprint density at radius 2 is 2.05 bits per heavy atom. The molecule has 2 amide bonds. The van der Waals surface area contributed by atoms with Crippen LogP contribution in [0.3, 0.4) is 0 Å². The number of carboxylic acids is 1. The Balaban J connectivity index is 2.03. The summed E-state index contributed by atoms with van der Waals surface area (Å²) in [6.07, 6.45) is 0.912. The summed E-state index contributed by atoms with van der Waals surface area (Å²) in [4.78, 5) is 22.7. The van der Waals surface area contributed by atoms with Gasteiger partial charge in [-0.15, -0.1) is 0 Å². The van der Waals surface area contributed by atoms with Crippen LogP contribution in [0.4, 0.5) is 10.5 Å². The number of carbonyl (C=O) groups is 2. The van der Waals surface area contributed by atoms with E-state index in [2.05, 4.69) is 26.6 Å². The Bertz CT molecular complexity index is 528. The van der Waals surface area contributed by atoms with E-state index in [0.717, 1.165) is 4.47 Å². The zero-order chi connectivity index (χ0) is 14.0. The maximum absolute atomic E-state index is 11.7. The first kappa shape index (κ1) is 13.7. The normalized spacial score (nSPS) is 15.5. The van der Waals surface area contributed by atoms with Gasteiger partial charge in [-0.2, -0.15) is 0 Å². The van der Waals surface area contributed by atoms with Crippen LogP contribution in [0.25, 0.3) is 0 Å². The zero-order valence-electron chi connectivity index (χ0n) is 10.2. The van der Waals surface area contributed by atoms with Gasteiger partial charge in [0.05, 0.1) is 7.11 Å². The Kier molecular flexibility index (Phi) is 3.66. The number of benzene rings is 1. The van der Waals surface area contributed by atoms with Crippen LogP contribution in [0.5, 0.6) is 5.75 Å². The fourth-order valence-electron chi connectivity index (χ4n) is 1.65. The molecular formula is C12H13BrN2O4. The lowest BCUT2D eigenvalue weighted by Gasteiger charge is -2.14. The lowest BCUT2D eigenvalue weighted by Crippen LogP contribution is -2.45. The second kappa shape index (κ2) is 5.08. The predicted molar refractivity (Wildman–Crippen MR) is 72.4 cm³/mol. The SMILES string of the molecule is COc1cc(Br)cc(NC(=O)NC2(C(=O)O)CC2)c1. The van der Waals surface area contributed by atoms with Gasteiger partial charge in [0.25, 0.3) is 0 Å². The molecule has 1 aromatic rings. The number of amides is 2. The Morgan fingerprint density at radius 3 is 2.58 bits per heavy atom. The van der Waals surface area contributed by atoms with Crippen LogP contribution in [0.2, 0.25) is 0 Å². The van der Waals surface area contributed by atoms with E-state index < -0.39 is 17.5 Å². The van der Waals surface area contributed by atoms with Gasteiger partial charge >= 0.3 is 12.0 Å². The summed E-state index contributed by atoms with van der Waals surface area (Å²) in [5.74, 6) is -0.418. The number of aliphatic carboxylic acids is 1. The smallest absolute Gasteiger partial charge is 0.329 e. The number of rotatable bonds is 4. The first-order chi connectivity index (χ1) is 8.95. The van der Waals surface area contributed by atoms with Crippen LogP contribution in [-0.2, 0) is 4.79 Å². The van der Waals surface area contributed by atoms with Crippen molar-refractivity contribution in [1.82, 2.24) is 5.32 Å². The molecule has 0 spiro atoms. The third-order valence-electron chi connectivity index (χ3n) is 2.88. The number of nitrogens with one attached hydrogen (secondary N) is 2. The maximum Gasteiger partial charge on any atom is 0.329 e. The molecular weight excluding hydrogens is 316 g/mol. The molecule has 0 aromatic heterocycles. The second-order valence-corrected chi connectivity index (χ2v) is 5.26. The van der Waals surface area contributed by atoms with Crippen LogP contribution in [0, 0.1) is 0 Å². The topological polar surface area (TPSA) is 87.7 Å². The Morgan fingerprint density at radius 1 is 1.37 bits per heavy atom. The van der Waals surface area contributed by atoms with Crippen molar-refractivity contribution in [2.75, 3.05) is 12.4 Å². The standard InChI is InChI=1S/C12H13BrN2O4/c1-19-9-5-7(13)4-8(6-9)14-11(18)15-12(2-3-12)10(16)17/h4-6H,2-3H2,1H3,(H,16,17)(H2,14,15,18). The fourth-order valence-corrected chi connectivity index (χ4v) is 2.12. The van der Waals surface area contributed by atoms with E-state index in [1.807, 2.05) is 0 Å². The number of methoxy groups -OCH3 is 1. The first-order valence-corrected chi connectivity index (χ1v) is 6.42. The van der Waals surface area contributed by atoms with Crippen LogP contribution in [-0.4, -0.2) is 29.8 Å². The van der Waals surface area contributed by atoms with Gasteiger partial charge in [-0.1, -0.05) is 15.9 Å². The van der Waals surface area contributed by atoms with Crippen LogP contribution in [0.1, 0.15) is 12.8 Å². The van der Waals surface area contributed by atoms with Crippen molar-refractivity contribution in [1.29, 1.82) is 0 Å². The van der Waals surface area contributed by atoms with Crippen molar-refractivity contribution in [3.05, 3.63) is 22.7 Å². The largest absolute Gasteiger partial charge is 0.497 e. The van der Waals surface area contributed by atoms with Gasteiger partial charge in [-0.25, -0.2) is 9.59 Å². The molecule has 19 heavy (non-hydrogen) atoms.